The summed E-state index contributed by atoms with van der Waals surface area (Å²) in [4.78, 5) is 12.2. The fourth-order valence-electron chi connectivity index (χ4n) is 2.41. The van der Waals surface area contributed by atoms with Gasteiger partial charge in [0.25, 0.3) is 5.91 Å². The van der Waals surface area contributed by atoms with Gasteiger partial charge in [0, 0.05) is 18.5 Å². The van der Waals surface area contributed by atoms with Gasteiger partial charge in [-0.2, -0.15) is 0 Å². The average Bonchev–Trinajstić information content (AvgIpc) is 2.93. The fourth-order valence-corrected chi connectivity index (χ4v) is 2.41. The Hall–Kier alpha value is -2.29. The van der Waals surface area contributed by atoms with Gasteiger partial charge in [0.05, 0.1) is 6.61 Å². The molecule has 1 heterocycles. The molecule has 1 N–H and O–H groups in total. The van der Waals surface area contributed by atoms with Crippen molar-refractivity contribution >= 4 is 5.91 Å². The smallest absolute Gasteiger partial charge is 0.251 e. The predicted octanol–water partition coefficient (Wildman–Crippen LogP) is 2.86. The van der Waals surface area contributed by atoms with Gasteiger partial charge in [-0.3, -0.25) is 4.79 Å². The summed E-state index contributed by atoms with van der Waals surface area (Å²) < 4.78 is 5.45. The second kappa shape index (κ2) is 5.37. The molecule has 0 aliphatic carbocycles. The Balaban J connectivity index is 1.69. The van der Waals surface area contributed by atoms with E-state index in [1.807, 2.05) is 49.4 Å². The van der Waals surface area contributed by atoms with E-state index in [9.17, 15) is 4.79 Å². The van der Waals surface area contributed by atoms with Crippen LogP contribution in [0.2, 0.25) is 0 Å². The maximum Gasteiger partial charge on any atom is 0.251 e. The summed E-state index contributed by atoms with van der Waals surface area (Å²) >= 11 is 0. The lowest BCUT2D eigenvalue weighted by Crippen LogP contribution is -2.23. The van der Waals surface area contributed by atoms with Gasteiger partial charge in [0.2, 0.25) is 0 Å². The first-order chi connectivity index (χ1) is 9.74. The number of aryl methyl sites for hydroxylation is 1. The van der Waals surface area contributed by atoms with Crippen molar-refractivity contribution in [3.63, 3.8) is 0 Å². The molecule has 0 saturated carbocycles. The summed E-state index contributed by atoms with van der Waals surface area (Å²) in [6.07, 6.45) is 0.883. The third kappa shape index (κ3) is 2.52. The molecule has 3 nitrogen and oxygen atoms in total. The number of carbonyl (C=O) groups excluding carboxylic acids is 1. The van der Waals surface area contributed by atoms with Crippen LogP contribution >= 0.6 is 0 Å². The Labute approximate surface area is 118 Å². The van der Waals surface area contributed by atoms with Crippen LogP contribution in [0.25, 0.3) is 0 Å². The maximum absolute atomic E-state index is 12.2. The molecule has 0 radical (unpaired) electrons. The van der Waals surface area contributed by atoms with Gasteiger partial charge in [0.15, 0.2) is 0 Å². The zero-order valence-electron chi connectivity index (χ0n) is 11.5. The van der Waals surface area contributed by atoms with E-state index in [0.29, 0.717) is 18.7 Å². The molecule has 2 aromatic carbocycles. The lowest BCUT2D eigenvalue weighted by Gasteiger charge is -2.08. The lowest BCUT2D eigenvalue weighted by atomic mass is 10.1. The zero-order chi connectivity index (χ0) is 13.9. The maximum atomic E-state index is 12.2. The molecule has 1 amide bonds. The van der Waals surface area contributed by atoms with Gasteiger partial charge in [0.1, 0.15) is 5.75 Å². The highest BCUT2D eigenvalue weighted by Gasteiger charge is 2.14. The first kappa shape index (κ1) is 12.7. The van der Waals surface area contributed by atoms with Crippen LogP contribution in [-0.4, -0.2) is 12.5 Å². The highest BCUT2D eigenvalue weighted by molar-refractivity contribution is 5.94. The van der Waals surface area contributed by atoms with Crippen LogP contribution in [0.3, 0.4) is 0 Å². The predicted molar refractivity (Wildman–Crippen MR) is 78.0 cm³/mol. The SMILES string of the molecule is Cc1ccccc1CNC(=O)c1ccc2c(c1)CCO2. The van der Waals surface area contributed by atoms with Crippen LogP contribution in [-0.2, 0) is 13.0 Å². The standard InChI is InChI=1S/C17H17NO2/c1-12-4-2-3-5-15(12)11-18-17(19)14-6-7-16-13(10-14)8-9-20-16/h2-7,10H,8-9,11H2,1H3,(H,18,19). The largest absolute Gasteiger partial charge is 0.493 e. The highest BCUT2D eigenvalue weighted by Crippen LogP contribution is 2.25. The van der Waals surface area contributed by atoms with Gasteiger partial charge in [-0.1, -0.05) is 24.3 Å². The van der Waals surface area contributed by atoms with Crippen LogP contribution in [0.4, 0.5) is 0 Å². The van der Waals surface area contributed by atoms with Crippen molar-refractivity contribution in [2.24, 2.45) is 0 Å². The molecule has 2 aromatic rings. The molecule has 3 rings (SSSR count). The monoisotopic (exact) mass is 267 g/mol. The van der Waals surface area contributed by atoms with E-state index >= 15 is 0 Å². The van der Waals surface area contributed by atoms with Gasteiger partial charge >= 0.3 is 0 Å². The molecule has 102 valence electrons. The van der Waals surface area contributed by atoms with E-state index in [0.717, 1.165) is 23.3 Å². The number of rotatable bonds is 3. The summed E-state index contributed by atoms with van der Waals surface area (Å²) in [6.45, 7) is 3.32. The van der Waals surface area contributed by atoms with E-state index in [4.69, 9.17) is 4.74 Å². The molecule has 0 unspecified atom stereocenters. The van der Waals surface area contributed by atoms with Crippen molar-refractivity contribution in [2.75, 3.05) is 6.61 Å². The van der Waals surface area contributed by atoms with E-state index in [1.54, 1.807) is 0 Å². The number of amides is 1. The van der Waals surface area contributed by atoms with Crippen LogP contribution in [0.1, 0.15) is 27.0 Å². The highest BCUT2D eigenvalue weighted by atomic mass is 16.5. The van der Waals surface area contributed by atoms with Crippen molar-refractivity contribution in [3.05, 3.63) is 64.7 Å². The summed E-state index contributed by atoms with van der Waals surface area (Å²) in [5.74, 6) is 0.864. The van der Waals surface area contributed by atoms with Gasteiger partial charge in [-0.25, -0.2) is 0 Å². The number of hydrogen-bond acceptors (Lipinski definition) is 2. The second-order valence-corrected chi connectivity index (χ2v) is 5.03. The number of fused-ring (bicyclic) bond motifs is 1. The Kier molecular flexibility index (Phi) is 3.42. The summed E-state index contributed by atoms with van der Waals surface area (Å²) in [5, 5.41) is 2.97. The van der Waals surface area contributed by atoms with Crippen LogP contribution in [0, 0.1) is 6.92 Å². The quantitative estimate of drug-likeness (QED) is 0.928. The molecule has 0 spiro atoms. The molecule has 0 aromatic heterocycles. The topological polar surface area (TPSA) is 38.3 Å². The minimum atomic E-state index is -0.0389. The van der Waals surface area contributed by atoms with Crippen molar-refractivity contribution in [1.82, 2.24) is 5.32 Å². The van der Waals surface area contributed by atoms with Gasteiger partial charge in [-0.15, -0.1) is 0 Å². The molecule has 0 atom stereocenters. The van der Waals surface area contributed by atoms with Gasteiger partial charge < -0.3 is 10.1 Å². The van der Waals surface area contributed by atoms with E-state index in [1.165, 1.54) is 5.56 Å². The molecule has 20 heavy (non-hydrogen) atoms. The van der Waals surface area contributed by atoms with Crippen molar-refractivity contribution in [2.45, 2.75) is 19.9 Å². The van der Waals surface area contributed by atoms with Crippen molar-refractivity contribution < 1.29 is 9.53 Å². The zero-order valence-corrected chi connectivity index (χ0v) is 11.5. The third-order valence-electron chi connectivity index (χ3n) is 3.65. The second-order valence-electron chi connectivity index (χ2n) is 5.03. The third-order valence-corrected chi connectivity index (χ3v) is 3.65. The molecule has 0 bridgehead atoms. The first-order valence-electron chi connectivity index (χ1n) is 6.82. The molecule has 0 fully saturated rings. The number of nitrogens with one attached hydrogen (secondary N) is 1. The normalized spacial score (nSPS) is 12.7. The number of carbonyl (C=O) groups is 1. The Morgan fingerprint density at radius 2 is 2.10 bits per heavy atom. The van der Waals surface area contributed by atoms with Crippen molar-refractivity contribution in [1.29, 1.82) is 0 Å². The lowest BCUT2D eigenvalue weighted by molar-refractivity contribution is 0.0951. The summed E-state index contributed by atoms with van der Waals surface area (Å²) in [6, 6.07) is 13.7. The van der Waals surface area contributed by atoms with E-state index in [-0.39, 0.29) is 5.91 Å². The molecule has 1 aliphatic heterocycles. The minimum absolute atomic E-state index is 0.0389. The molecule has 1 aliphatic rings. The summed E-state index contributed by atoms with van der Waals surface area (Å²) in [5.41, 5.74) is 4.15. The van der Waals surface area contributed by atoms with Crippen molar-refractivity contribution in [3.8, 4) is 5.75 Å². The molecule has 0 saturated heterocycles. The summed E-state index contributed by atoms with van der Waals surface area (Å²) in [7, 11) is 0. The van der Waals surface area contributed by atoms with E-state index in [2.05, 4.69) is 5.32 Å². The Morgan fingerprint density at radius 1 is 1.25 bits per heavy atom. The number of ether oxygens (including phenoxy) is 1. The Morgan fingerprint density at radius 3 is 2.95 bits per heavy atom. The van der Waals surface area contributed by atoms with Crippen LogP contribution < -0.4 is 10.1 Å². The average molecular weight is 267 g/mol. The minimum Gasteiger partial charge on any atom is -0.493 e. The fraction of sp³-hybridized carbons (Fsp3) is 0.235. The molecule has 3 heteroatoms. The molecular formula is C17H17NO2. The van der Waals surface area contributed by atoms with Crippen LogP contribution in [0.15, 0.2) is 42.5 Å². The number of benzene rings is 2. The Bertz CT molecular complexity index is 649. The molecular weight excluding hydrogens is 250 g/mol. The first-order valence-corrected chi connectivity index (χ1v) is 6.82. The van der Waals surface area contributed by atoms with Crippen LogP contribution in [0.5, 0.6) is 5.75 Å². The van der Waals surface area contributed by atoms with Gasteiger partial charge in [-0.05, 0) is 41.8 Å². The number of hydrogen-bond donors (Lipinski definition) is 1. The van der Waals surface area contributed by atoms with E-state index < -0.39 is 0 Å².